The highest BCUT2D eigenvalue weighted by atomic mass is 16.5. The van der Waals surface area contributed by atoms with Gasteiger partial charge in [-0.25, -0.2) is 4.79 Å². The van der Waals surface area contributed by atoms with E-state index in [1.807, 2.05) is 13.8 Å². The molecule has 1 aromatic carbocycles. The third-order valence-electron chi connectivity index (χ3n) is 2.88. The molecule has 1 amide bonds. The van der Waals surface area contributed by atoms with Crippen LogP contribution in [0, 0.1) is 11.8 Å². The first-order valence-electron chi connectivity index (χ1n) is 6.39. The minimum absolute atomic E-state index is 0.123. The van der Waals surface area contributed by atoms with Gasteiger partial charge in [-0.1, -0.05) is 13.8 Å². The maximum Gasteiger partial charge on any atom is 0.341 e. The number of rotatable bonds is 7. The molecule has 0 fully saturated rings. The van der Waals surface area contributed by atoms with E-state index < -0.39 is 12.6 Å². The number of hydrogen-bond acceptors (Lipinski definition) is 4. The lowest BCUT2D eigenvalue weighted by Crippen LogP contribution is -2.33. The zero-order valence-electron chi connectivity index (χ0n) is 11.6. The summed E-state index contributed by atoms with van der Waals surface area (Å²) in [6, 6.07) is 6.52. The number of nitrogens with two attached hydrogens (primary N) is 1. The number of nitrogens with one attached hydrogen (secondary N) is 1. The molecule has 0 heterocycles. The second-order valence-electron chi connectivity index (χ2n) is 4.78. The summed E-state index contributed by atoms with van der Waals surface area (Å²) in [5.41, 5.74) is 6.21. The summed E-state index contributed by atoms with van der Waals surface area (Å²) in [5, 5.41) is 11.3. The Labute approximate surface area is 117 Å². The lowest BCUT2D eigenvalue weighted by atomic mass is 9.95. The Morgan fingerprint density at radius 3 is 2.35 bits per heavy atom. The van der Waals surface area contributed by atoms with Crippen LogP contribution in [-0.2, 0) is 9.59 Å². The minimum atomic E-state index is -1.04. The molecule has 6 nitrogen and oxygen atoms in total. The molecule has 0 aliphatic carbocycles. The Balaban J connectivity index is 2.60. The molecule has 0 bridgehead atoms. The van der Waals surface area contributed by atoms with Gasteiger partial charge < -0.3 is 20.9 Å². The van der Waals surface area contributed by atoms with Crippen LogP contribution in [0.5, 0.6) is 5.75 Å². The van der Waals surface area contributed by atoms with Gasteiger partial charge >= 0.3 is 5.97 Å². The summed E-state index contributed by atoms with van der Waals surface area (Å²) >= 11 is 0. The summed E-state index contributed by atoms with van der Waals surface area (Å²) in [6.07, 6.45) is 0. The van der Waals surface area contributed by atoms with Crippen molar-refractivity contribution in [2.45, 2.75) is 13.8 Å². The van der Waals surface area contributed by atoms with Crippen molar-refractivity contribution in [3.8, 4) is 5.75 Å². The van der Waals surface area contributed by atoms with Gasteiger partial charge in [-0.15, -0.1) is 0 Å². The summed E-state index contributed by atoms with van der Waals surface area (Å²) < 4.78 is 5.00. The van der Waals surface area contributed by atoms with Crippen LogP contribution in [0.2, 0.25) is 0 Å². The van der Waals surface area contributed by atoms with Crippen molar-refractivity contribution in [2.24, 2.45) is 17.6 Å². The van der Waals surface area contributed by atoms with Crippen LogP contribution >= 0.6 is 0 Å². The van der Waals surface area contributed by atoms with E-state index in [4.69, 9.17) is 15.6 Å². The van der Waals surface area contributed by atoms with Gasteiger partial charge in [0.2, 0.25) is 5.91 Å². The van der Waals surface area contributed by atoms with Gasteiger partial charge in [-0.2, -0.15) is 0 Å². The second-order valence-corrected chi connectivity index (χ2v) is 4.78. The maximum absolute atomic E-state index is 12.0. The fourth-order valence-corrected chi connectivity index (χ4v) is 1.70. The SMILES string of the molecule is CC(C)C(CN)C(=O)Nc1ccc(OCC(=O)O)cc1. The van der Waals surface area contributed by atoms with Crippen LogP contribution in [0.25, 0.3) is 0 Å². The Morgan fingerprint density at radius 2 is 1.90 bits per heavy atom. The lowest BCUT2D eigenvalue weighted by molar-refractivity contribution is -0.139. The van der Waals surface area contributed by atoms with Gasteiger partial charge in [0.25, 0.3) is 0 Å². The van der Waals surface area contributed by atoms with E-state index in [2.05, 4.69) is 5.32 Å². The average molecular weight is 280 g/mol. The number of anilines is 1. The molecule has 0 saturated heterocycles. The number of carbonyl (C=O) groups is 2. The van der Waals surface area contributed by atoms with Crippen molar-refractivity contribution in [3.63, 3.8) is 0 Å². The molecule has 0 aliphatic heterocycles. The standard InChI is InChI=1S/C14H20N2O4/c1-9(2)12(7-15)14(19)16-10-3-5-11(6-4-10)20-8-13(17)18/h3-6,9,12H,7-8,15H2,1-2H3,(H,16,19)(H,17,18). The molecule has 1 unspecified atom stereocenters. The molecule has 1 rings (SSSR count). The van der Waals surface area contributed by atoms with Gasteiger partial charge in [-0.05, 0) is 30.2 Å². The van der Waals surface area contributed by atoms with Crippen molar-refractivity contribution < 1.29 is 19.4 Å². The number of hydrogen-bond donors (Lipinski definition) is 3. The van der Waals surface area contributed by atoms with Crippen LogP contribution in [0.3, 0.4) is 0 Å². The number of amides is 1. The molecule has 0 aromatic heterocycles. The normalized spacial score (nSPS) is 12.0. The van der Waals surface area contributed by atoms with Crippen molar-refractivity contribution in [1.82, 2.24) is 0 Å². The first kappa shape index (κ1) is 16.0. The Morgan fingerprint density at radius 1 is 1.30 bits per heavy atom. The van der Waals surface area contributed by atoms with E-state index in [0.717, 1.165) is 0 Å². The van der Waals surface area contributed by atoms with E-state index in [1.165, 1.54) is 0 Å². The molecule has 110 valence electrons. The number of aliphatic carboxylic acids is 1. The summed E-state index contributed by atoms with van der Waals surface area (Å²) in [6.45, 7) is 3.79. The van der Waals surface area contributed by atoms with Crippen LogP contribution in [0.4, 0.5) is 5.69 Å². The highest BCUT2D eigenvalue weighted by Gasteiger charge is 2.20. The van der Waals surface area contributed by atoms with Crippen molar-refractivity contribution >= 4 is 17.6 Å². The van der Waals surface area contributed by atoms with Crippen molar-refractivity contribution in [1.29, 1.82) is 0 Å². The largest absolute Gasteiger partial charge is 0.482 e. The van der Waals surface area contributed by atoms with Crippen molar-refractivity contribution in [2.75, 3.05) is 18.5 Å². The topological polar surface area (TPSA) is 102 Å². The molecular weight excluding hydrogens is 260 g/mol. The smallest absolute Gasteiger partial charge is 0.341 e. The third-order valence-corrected chi connectivity index (χ3v) is 2.88. The lowest BCUT2D eigenvalue weighted by Gasteiger charge is -2.18. The number of carbonyl (C=O) groups excluding carboxylic acids is 1. The monoisotopic (exact) mass is 280 g/mol. The highest BCUT2D eigenvalue weighted by molar-refractivity contribution is 5.92. The van der Waals surface area contributed by atoms with Crippen LogP contribution in [-0.4, -0.2) is 30.1 Å². The van der Waals surface area contributed by atoms with Gasteiger partial charge in [0.15, 0.2) is 6.61 Å². The van der Waals surface area contributed by atoms with Crippen LogP contribution < -0.4 is 15.8 Å². The minimum Gasteiger partial charge on any atom is -0.482 e. The Bertz CT molecular complexity index is 457. The summed E-state index contributed by atoms with van der Waals surface area (Å²) in [4.78, 5) is 22.3. The quantitative estimate of drug-likeness (QED) is 0.699. The summed E-state index contributed by atoms with van der Waals surface area (Å²) in [5.74, 6) is -0.799. The van der Waals surface area contributed by atoms with E-state index in [1.54, 1.807) is 24.3 Å². The average Bonchev–Trinajstić information content (AvgIpc) is 2.38. The zero-order valence-corrected chi connectivity index (χ0v) is 11.6. The Hall–Kier alpha value is -2.08. The van der Waals surface area contributed by atoms with Gasteiger partial charge in [0, 0.05) is 12.2 Å². The first-order chi connectivity index (χ1) is 9.43. The molecule has 6 heteroatoms. The number of carboxylic acids is 1. The van der Waals surface area contributed by atoms with Crippen LogP contribution in [0.1, 0.15) is 13.8 Å². The molecular formula is C14H20N2O4. The Kier molecular flexibility index (Phi) is 5.99. The maximum atomic E-state index is 12.0. The van der Waals surface area contributed by atoms with E-state index >= 15 is 0 Å². The molecule has 1 aromatic rings. The summed E-state index contributed by atoms with van der Waals surface area (Å²) in [7, 11) is 0. The number of benzene rings is 1. The molecule has 0 aliphatic rings. The number of carboxylic acid groups (broad SMARTS) is 1. The third kappa shape index (κ3) is 4.89. The van der Waals surface area contributed by atoms with Gasteiger partial charge in [0.1, 0.15) is 5.75 Å². The molecule has 4 N–H and O–H groups in total. The zero-order chi connectivity index (χ0) is 15.1. The fraction of sp³-hybridized carbons (Fsp3) is 0.429. The molecule has 0 radical (unpaired) electrons. The second kappa shape index (κ2) is 7.49. The molecule has 0 saturated carbocycles. The van der Waals surface area contributed by atoms with Crippen molar-refractivity contribution in [3.05, 3.63) is 24.3 Å². The highest BCUT2D eigenvalue weighted by Crippen LogP contribution is 2.18. The van der Waals surface area contributed by atoms with Gasteiger partial charge in [0.05, 0.1) is 5.92 Å². The van der Waals surface area contributed by atoms with E-state index in [0.29, 0.717) is 18.0 Å². The molecule has 0 spiro atoms. The fourth-order valence-electron chi connectivity index (χ4n) is 1.70. The number of ether oxygens (including phenoxy) is 1. The predicted octanol–water partition coefficient (Wildman–Crippen LogP) is 1.32. The predicted molar refractivity (Wildman–Crippen MR) is 75.6 cm³/mol. The molecule has 20 heavy (non-hydrogen) atoms. The first-order valence-corrected chi connectivity index (χ1v) is 6.39. The van der Waals surface area contributed by atoms with E-state index in [-0.39, 0.29) is 17.7 Å². The van der Waals surface area contributed by atoms with Crippen LogP contribution in [0.15, 0.2) is 24.3 Å². The van der Waals surface area contributed by atoms with Gasteiger partial charge in [-0.3, -0.25) is 4.79 Å². The van der Waals surface area contributed by atoms with E-state index in [9.17, 15) is 9.59 Å². The molecule has 1 atom stereocenters.